The van der Waals surface area contributed by atoms with E-state index in [1.165, 1.54) is 11.3 Å². The molecular weight excluding hydrogens is 576 g/mol. The van der Waals surface area contributed by atoms with Crippen LogP contribution in [0.25, 0.3) is 26.6 Å². The Balaban J connectivity index is 0.000000265. The number of fused-ring (bicyclic) bond motifs is 3. The van der Waals surface area contributed by atoms with Crippen LogP contribution in [0.3, 0.4) is 0 Å². The number of benzene rings is 1. The Hall–Kier alpha value is -4.97. The lowest BCUT2D eigenvalue weighted by molar-refractivity contribution is -0.105. The molecule has 0 radical (unpaired) electrons. The summed E-state index contributed by atoms with van der Waals surface area (Å²) in [6.07, 6.45) is 6.56. The fraction of sp³-hybridized carbons (Fsp3) is 0.281. The molecule has 5 aromatic heterocycles. The first-order valence-electron chi connectivity index (χ1n) is 14.3. The molecule has 6 aromatic rings. The predicted octanol–water partition coefficient (Wildman–Crippen LogP) is 6.61. The summed E-state index contributed by atoms with van der Waals surface area (Å²) in [6.45, 7) is 6.82. The average Bonchev–Trinajstić information content (AvgIpc) is 3.34. The Bertz CT molecular complexity index is 1870. The number of amides is 1. The van der Waals surface area contributed by atoms with Crippen LogP contribution in [0.1, 0.15) is 39.4 Å². The molecule has 1 amide bonds. The maximum Gasteiger partial charge on any atom is 0.214 e. The molecule has 0 unspecified atom stereocenters. The van der Waals surface area contributed by atoms with Crippen LogP contribution in [-0.2, 0) is 10.2 Å². The third kappa shape index (κ3) is 6.50. The number of carbonyl (C=O) groups is 1. The van der Waals surface area contributed by atoms with E-state index in [-0.39, 0.29) is 11.0 Å². The first-order valence-corrected chi connectivity index (χ1v) is 15.1. The molecule has 0 spiro atoms. The number of thiazole rings is 1. The third-order valence-electron chi connectivity index (χ3n) is 7.26. The van der Waals surface area contributed by atoms with E-state index < -0.39 is 0 Å². The summed E-state index contributed by atoms with van der Waals surface area (Å²) < 4.78 is 13.2. The zero-order chi connectivity index (χ0) is 30.7. The van der Waals surface area contributed by atoms with E-state index in [1.54, 1.807) is 6.20 Å². The highest BCUT2D eigenvalue weighted by atomic mass is 32.1. The molecule has 44 heavy (non-hydrogen) atoms. The first-order chi connectivity index (χ1) is 21.2. The molecule has 1 aliphatic rings. The Labute approximate surface area is 258 Å². The van der Waals surface area contributed by atoms with Gasteiger partial charge in [0.25, 0.3) is 0 Å². The van der Waals surface area contributed by atoms with Crippen LogP contribution >= 0.6 is 11.3 Å². The molecular formula is C32H34N8O3S. The molecule has 1 saturated carbocycles. The minimum absolute atomic E-state index is 0.0437. The molecule has 0 aliphatic heterocycles. The normalized spacial score (nSPS) is 13.6. The topological polar surface area (TPSA) is 132 Å². The molecule has 226 valence electrons. The second-order valence-corrected chi connectivity index (χ2v) is 12.6. The molecule has 0 atom stereocenters. The van der Waals surface area contributed by atoms with Gasteiger partial charge in [0.15, 0.2) is 10.8 Å². The number of imidazole rings is 1. The van der Waals surface area contributed by atoms with E-state index in [9.17, 15) is 4.79 Å². The Morgan fingerprint density at radius 1 is 1.07 bits per heavy atom. The lowest BCUT2D eigenvalue weighted by Gasteiger charge is -2.18. The molecule has 0 saturated heterocycles. The van der Waals surface area contributed by atoms with Crippen LogP contribution in [0.2, 0.25) is 0 Å². The molecule has 7 rings (SSSR count). The average molecular weight is 611 g/mol. The van der Waals surface area contributed by atoms with Gasteiger partial charge in [-0.15, -0.1) is 0 Å². The standard InChI is InChI=1S/C24H20N6O2S.C8H14N2O/c31-15-26-17-6-4-16(5-7-17)18-13-30-19-8-9-21(28-22(19)33-23(30)27-18)32-14-24(10-11-24)29-20-3-1-2-12-25-20;1-8(2,3)6-5-7(9-4)10-11-6/h1-9,12-13,15H,10-11,14H2,(H,25,29)(H,26,31);5H,1-4H3,(H,9,10). The maximum absolute atomic E-state index is 10.6. The molecule has 11 nitrogen and oxygen atoms in total. The van der Waals surface area contributed by atoms with Crippen LogP contribution in [-0.4, -0.2) is 50.1 Å². The summed E-state index contributed by atoms with van der Waals surface area (Å²) in [5.41, 5.74) is 3.58. The fourth-order valence-corrected chi connectivity index (χ4v) is 5.49. The van der Waals surface area contributed by atoms with Crippen molar-refractivity contribution in [1.29, 1.82) is 0 Å². The number of rotatable bonds is 9. The third-order valence-corrected chi connectivity index (χ3v) is 8.22. The molecule has 1 aromatic carbocycles. The van der Waals surface area contributed by atoms with Crippen molar-refractivity contribution in [3.05, 3.63) is 78.8 Å². The quantitative estimate of drug-likeness (QED) is 0.155. The summed E-state index contributed by atoms with van der Waals surface area (Å²) in [5, 5.41) is 12.9. The summed E-state index contributed by atoms with van der Waals surface area (Å²) in [4.78, 5) is 26.2. The summed E-state index contributed by atoms with van der Waals surface area (Å²) >= 11 is 1.53. The highest BCUT2D eigenvalue weighted by Crippen LogP contribution is 2.39. The highest BCUT2D eigenvalue weighted by Gasteiger charge is 2.44. The van der Waals surface area contributed by atoms with Gasteiger partial charge in [0, 0.05) is 48.2 Å². The van der Waals surface area contributed by atoms with Crippen molar-refractivity contribution in [2.45, 2.75) is 44.6 Å². The number of anilines is 3. The molecule has 0 bridgehead atoms. The number of carbonyl (C=O) groups excluding carboxylic acids is 1. The second kappa shape index (κ2) is 12.0. The largest absolute Gasteiger partial charge is 0.475 e. The van der Waals surface area contributed by atoms with E-state index in [0.717, 1.165) is 62.5 Å². The Kier molecular flexibility index (Phi) is 7.92. The molecule has 1 aliphatic carbocycles. The minimum Gasteiger partial charge on any atom is -0.475 e. The minimum atomic E-state index is -0.0687. The number of nitrogens with zero attached hydrogens (tertiary/aromatic N) is 5. The number of aromatic nitrogens is 5. The van der Waals surface area contributed by atoms with Gasteiger partial charge in [0.1, 0.15) is 23.0 Å². The zero-order valence-corrected chi connectivity index (χ0v) is 25.8. The molecule has 3 N–H and O–H groups in total. The highest BCUT2D eigenvalue weighted by molar-refractivity contribution is 7.23. The summed E-state index contributed by atoms with van der Waals surface area (Å²) in [5.74, 6) is 3.17. The van der Waals surface area contributed by atoms with Crippen molar-refractivity contribution in [3.63, 3.8) is 0 Å². The Morgan fingerprint density at radius 2 is 1.89 bits per heavy atom. The van der Waals surface area contributed by atoms with E-state index in [2.05, 4.69) is 51.3 Å². The smallest absolute Gasteiger partial charge is 0.214 e. The van der Waals surface area contributed by atoms with E-state index >= 15 is 0 Å². The van der Waals surface area contributed by atoms with E-state index in [1.807, 2.05) is 73.9 Å². The van der Waals surface area contributed by atoms with Crippen molar-refractivity contribution in [3.8, 4) is 17.1 Å². The molecule has 1 fully saturated rings. The van der Waals surface area contributed by atoms with Crippen molar-refractivity contribution in [2.24, 2.45) is 0 Å². The maximum atomic E-state index is 10.6. The predicted molar refractivity (Wildman–Crippen MR) is 174 cm³/mol. The Morgan fingerprint density at radius 3 is 2.52 bits per heavy atom. The van der Waals surface area contributed by atoms with Gasteiger partial charge in [0.2, 0.25) is 12.3 Å². The van der Waals surface area contributed by atoms with Gasteiger partial charge in [0.05, 0.1) is 16.7 Å². The van der Waals surface area contributed by atoms with Gasteiger partial charge < -0.3 is 25.2 Å². The van der Waals surface area contributed by atoms with E-state index in [0.29, 0.717) is 18.9 Å². The van der Waals surface area contributed by atoms with Crippen LogP contribution in [0.5, 0.6) is 5.88 Å². The molecule has 12 heteroatoms. The number of hydrogen-bond donors (Lipinski definition) is 3. The van der Waals surface area contributed by atoms with Crippen LogP contribution in [0, 0.1) is 0 Å². The molecule has 5 heterocycles. The van der Waals surface area contributed by atoms with Crippen molar-refractivity contribution >= 4 is 50.4 Å². The van der Waals surface area contributed by atoms with Gasteiger partial charge in [-0.2, -0.15) is 0 Å². The lowest BCUT2D eigenvalue weighted by Crippen LogP contribution is -2.29. The summed E-state index contributed by atoms with van der Waals surface area (Å²) in [6, 6.07) is 19.3. The summed E-state index contributed by atoms with van der Waals surface area (Å²) in [7, 11) is 1.82. The number of hydrogen-bond acceptors (Lipinski definition) is 10. The van der Waals surface area contributed by atoms with E-state index in [4.69, 9.17) is 19.2 Å². The number of nitrogens with one attached hydrogen (secondary N) is 3. The SMILES string of the molecule is CNc1cc(C(C)(C)C)on1.O=CNc1ccc(-c2cn3c(n2)sc2nc(OCC4(Nc5ccccn5)CC4)ccc23)cc1. The number of ether oxygens (including phenoxy) is 1. The lowest BCUT2D eigenvalue weighted by atomic mass is 9.93. The monoisotopic (exact) mass is 610 g/mol. The second-order valence-electron chi connectivity index (χ2n) is 11.7. The van der Waals surface area contributed by atoms with Crippen LogP contribution < -0.4 is 20.7 Å². The van der Waals surface area contributed by atoms with Gasteiger partial charge >= 0.3 is 0 Å². The fourth-order valence-electron chi connectivity index (χ4n) is 4.52. The van der Waals surface area contributed by atoms with Gasteiger partial charge in [-0.1, -0.05) is 55.5 Å². The number of pyridine rings is 2. The zero-order valence-electron chi connectivity index (χ0n) is 25.0. The first kappa shape index (κ1) is 29.1. The van der Waals surface area contributed by atoms with Crippen molar-refractivity contribution < 1.29 is 14.1 Å². The van der Waals surface area contributed by atoms with Gasteiger partial charge in [-0.3, -0.25) is 9.20 Å². The van der Waals surface area contributed by atoms with Crippen molar-refractivity contribution in [2.75, 3.05) is 29.6 Å². The van der Waals surface area contributed by atoms with Gasteiger partial charge in [-0.25, -0.2) is 15.0 Å². The van der Waals surface area contributed by atoms with Crippen LogP contribution in [0.15, 0.2) is 77.6 Å². The van der Waals surface area contributed by atoms with Crippen LogP contribution in [0.4, 0.5) is 17.3 Å². The van der Waals surface area contributed by atoms with Gasteiger partial charge in [-0.05, 0) is 43.2 Å². The van der Waals surface area contributed by atoms with Crippen molar-refractivity contribution in [1.82, 2.24) is 24.5 Å².